The van der Waals surface area contributed by atoms with Crippen LogP contribution in [-0.2, 0) is 11.4 Å². The van der Waals surface area contributed by atoms with Crippen LogP contribution in [0.15, 0.2) is 40.8 Å². The third-order valence-corrected chi connectivity index (χ3v) is 4.84. The summed E-state index contributed by atoms with van der Waals surface area (Å²) in [6.07, 6.45) is 1.43. The number of rotatable bonds is 5. The molecule has 7 heteroatoms. The standard InChI is InChI=1S/C22H27FN2O4/c1-22(2,3)21(27)25-12-10-16(11-13-25)24-20(26)19-9-8-18(29-19)14-28-17-6-4-15(23)5-7-17/h4-9,16H,10-14H2,1-3H3,(H,24,26). The van der Waals surface area contributed by atoms with Crippen molar-refractivity contribution in [2.45, 2.75) is 46.3 Å². The van der Waals surface area contributed by atoms with E-state index in [4.69, 9.17) is 9.15 Å². The molecule has 0 radical (unpaired) electrons. The smallest absolute Gasteiger partial charge is 0.287 e. The maximum atomic E-state index is 12.9. The fraction of sp³-hybridized carbons (Fsp3) is 0.455. The highest BCUT2D eigenvalue weighted by Gasteiger charge is 2.31. The van der Waals surface area contributed by atoms with Gasteiger partial charge in [0.2, 0.25) is 5.91 Å². The average molecular weight is 402 g/mol. The van der Waals surface area contributed by atoms with Crippen LogP contribution in [-0.4, -0.2) is 35.8 Å². The maximum Gasteiger partial charge on any atom is 0.287 e. The number of piperidine rings is 1. The van der Waals surface area contributed by atoms with Gasteiger partial charge in [-0.2, -0.15) is 0 Å². The van der Waals surface area contributed by atoms with Crippen molar-refractivity contribution in [3.8, 4) is 5.75 Å². The SMILES string of the molecule is CC(C)(C)C(=O)N1CCC(NC(=O)c2ccc(COc3ccc(F)cc3)o2)CC1. The third-order valence-electron chi connectivity index (χ3n) is 4.84. The number of nitrogens with zero attached hydrogens (tertiary/aromatic N) is 1. The first-order chi connectivity index (χ1) is 13.7. The number of ether oxygens (including phenoxy) is 1. The summed E-state index contributed by atoms with van der Waals surface area (Å²) >= 11 is 0. The molecular formula is C22H27FN2O4. The van der Waals surface area contributed by atoms with Gasteiger partial charge in [-0.3, -0.25) is 9.59 Å². The van der Waals surface area contributed by atoms with Gasteiger partial charge in [-0.05, 0) is 49.2 Å². The van der Waals surface area contributed by atoms with E-state index in [0.29, 0.717) is 24.6 Å². The molecule has 2 amide bonds. The van der Waals surface area contributed by atoms with Crippen LogP contribution < -0.4 is 10.1 Å². The number of nitrogens with one attached hydrogen (secondary N) is 1. The molecule has 6 nitrogen and oxygen atoms in total. The molecule has 1 aromatic carbocycles. The number of hydrogen-bond donors (Lipinski definition) is 1. The Kier molecular flexibility index (Phi) is 6.25. The quantitative estimate of drug-likeness (QED) is 0.827. The molecule has 1 saturated heterocycles. The van der Waals surface area contributed by atoms with Crippen LogP contribution in [0.2, 0.25) is 0 Å². The van der Waals surface area contributed by atoms with Crippen molar-refractivity contribution >= 4 is 11.8 Å². The van der Waals surface area contributed by atoms with Gasteiger partial charge in [0.15, 0.2) is 5.76 Å². The summed E-state index contributed by atoms with van der Waals surface area (Å²) in [7, 11) is 0. The average Bonchev–Trinajstić information content (AvgIpc) is 3.16. The maximum absolute atomic E-state index is 12.9. The largest absolute Gasteiger partial charge is 0.486 e. The molecule has 156 valence electrons. The van der Waals surface area contributed by atoms with Crippen LogP contribution in [0, 0.1) is 11.2 Å². The van der Waals surface area contributed by atoms with Gasteiger partial charge in [-0.15, -0.1) is 0 Å². The number of carbonyl (C=O) groups is 2. The van der Waals surface area contributed by atoms with E-state index >= 15 is 0 Å². The van der Waals surface area contributed by atoms with Crippen LogP contribution in [0.4, 0.5) is 4.39 Å². The number of hydrogen-bond acceptors (Lipinski definition) is 4. The van der Waals surface area contributed by atoms with Gasteiger partial charge in [0.25, 0.3) is 5.91 Å². The first kappa shape index (κ1) is 20.9. The zero-order valence-electron chi connectivity index (χ0n) is 17.0. The van der Waals surface area contributed by atoms with Gasteiger partial charge in [-0.1, -0.05) is 20.8 Å². The minimum Gasteiger partial charge on any atom is -0.486 e. The predicted molar refractivity (Wildman–Crippen MR) is 106 cm³/mol. The van der Waals surface area contributed by atoms with Crippen LogP contribution in [0.1, 0.15) is 49.9 Å². The molecule has 0 bridgehead atoms. The number of amides is 2. The van der Waals surface area contributed by atoms with Crippen molar-refractivity contribution < 1.29 is 23.1 Å². The van der Waals surface area contributed by atoms with Crippen molar-refractivity contribution in [1.29, 1.82) is 0 Å². The molecule has 1 aliphatic rings. The van der Waals surface area contributed by atoms with E-state index in [1.54, 1.807) is 12.1 Å². The van der Waals surface area contributed by atoms with Gasteiger partial charge in [0, 0.05) is 24.5 Å². The molecule has 2 aromatic rings. The summed E-state index contributed by atoms with van der Waals surface area (Å²) in [5.74, 6) is 0.770. The highest BCUT2D eigenvalue weighted by Crippen LogP contribution is 2.21. The zero-order valence-corrected chi connectivity index (χ0v) is 17.0. The lowest BCUT2D eigenvalue weighted by atomic mass is 9.93. The molecule has 29 heavy (non-hydrogen) atoms. The van der Waals surface area contributed by atoms with E-state index in [1.807, 2.05) is 25.7 Å². The summed E-state index contributed by atoms with van der Waals surface area (Å²) in [6.45, 7) is 7.16. The van der Waals surface area contributed by atoms with E-state index in [9.17, 15) is 14.0 Å². The Balaban J connectivity index is 1.47. The highest BCUT2D eigenvalue weighted by molar-refractivity contribution is 5.91. The van der Waals surface area contributed by atoms with Crippen molar-refractivity contribution in [2.75, 3.05) is 13.1 Å². The number of benzene rings is 1. The molecule has 1 fully saturated rings. The van der Waals surface area contributed by atoms with Crippen molar-refractivity contribution in [3.05, 3.63) is 53.7 Å². The Morgan fingerprint density at radius 2 is 1.79 bits per heavy atom. The molecule has 1 aromatic heterocycles. The summed E-state index contributed by atoms with van der Waals surface area (Å²) in [5.41, 5.74) is -0.392. The lowest BCUT2D eigenvalue weighted by Gasteiger charge is -2.35. The van der Waals surface area contributed by atoms with E-state index < -0.39 is 5.41 Å². The highest BCUT2D eigenvalue weighted by atomic mass is 19.1. The molecule has 0 saturated carbocycles. The molecule has 1 aliphatic heterocycles. The lowest BCUT2D eigenvalue weighted by molar-refractivity contribution is -0.140. The van der Waals surface area contributed by atoms with Crippen LogP contribution in [0.25, 0.3) is 0 Å². The third kappa shape index (κ3) is 5.59. The number of likely N-dealkylation sites (tertiary alicyclic amines) is 1. The Morgan fingerprint density at radius 1 is 1.14 bits per heavy atom. The Morgan fingerprint density at radius 3 is 2.41 bits per heavy atom. The van der Waals surface area contributed by atoms with E-state index in [0.717, 1.165) is 12.8 Å². The summed E-state index contributed by atoms with van der Waals surface area (Å²) in [5, 5.41) is 2.97. The zero-order chi connectivity index (χ0) is 21.0. The fourth-order valence-electron chi connectivity index (χ4n) is 3.22. The fourth-order valence-corrected chi connectivity index (χ4v) is 3.22. The molecule has 0 unspecified atom stereocenters. The van der Waals surface area contributed by atoms with E-state index in [1.165, 1.54) is 24.3 Å². The molecule has 0 spiro atoms. The van der Waals surface area contributed by atoms with E-state index in [-0.39, 0.29) is 36.0 Å². The van der Waals surface area contributed by atoms with Crippen LogP contribution >= 0.6 is 0 Å². The van der Waals surface area contributed by atoms with Crippen molar-refractivity contribution in [3.63, 3.8) is 0 Å². The summed E-state index contributed by atoms with van der Waals surface area (Å²) in [6, 6.07) is 8.99. The summed E-state index contributed by atoms with van der Waals surface area (Å²) < 4.78 is 24.0. The van der Waals surface area contributed by atoms with Crippen LogP contribution in [0.3, 0.4) is 0 Å². The normalized spacial score (nSPS) is 15.2. The Hall–Kier alpha value is -2.83. The minimum atomic E-state index is -0.392. The Labute approximate surface area is 170 Å². The first-order valence-electron chi connectivity index (χ1n) is 9.80. The topological polar surface area (TPSA) is 71.8 Å². The van der Waals surface area contributed by atoms with Crippen molar-refractivity contribution in [1.82, 2.24) is 10.2 Å². The minimum absolute atomic E-state index is 0.00975. The van der Waals surface area contributed by atoms with E-state index in [2.05, 4.69) is 5.32 Å². The molecule has 2 heterocycles. The van der Waals surface area contributed by atoms with Gasteiger partial charge < -0.3 is 19.4 Å². The Bertz CT molecular complexity index is 846. The van der Waals surface area contributed by atoms with Gasteiger partial charge in [-0.25, -0.2) is 4.39 Å². The molecule has 0 aliphatic carbocycles. The number of carbonyl (C=O) groups excluding carboxylic acids is 2. The van der Waals surface area contributed by atoms with Gasteiger partial charge in [0.1, 0.15) is 23.9 Å². The predicted octanol–water partition coefficient (Wildman–Crippen LogP) is 3.76. The second kappa shape index (κ2) is 8.68. The molecule has 1 N–H and O–H groups in total. The monoisotopic (exact) mass is 402 g/mol. The molecule has 0 atom stereocenters. The van der Waals surface area contributed by atoms with Gasteiger partial charge >= 0.3 is 0 Å². The summed E-state index contributed by atoms with van der Waals surface area (Å²) in [4.78, 5) is 26.7. The number of halogens is 1. The lowest BCUT2D eigenvalue weighted by Crippen LogP contribution is -2.49. The van der Waals surface area contributed by atoms with Gasteiger partial charge in [0.05, 0.1) is 0 Å². The number of furan rings is 1. The first-order valence-corrected chi connectivity index (χ1v) is 9.80. The molecule has 3 rings (SSSR count). The molecular weight excluding hydrogens is 375 g/mol. The second-order valence-electron chi connectivity index (χ2n) is 8.30. The van der Waals surface area contributed by atoms with Crippen molar-refractivity contribution in [2.24, 2.45) is 5.41 Å². The van der Waals surface area contributed by atoms with Crippen LogP contribution in [0.5, 0.6) is 5.75 Å². The second-order valence-corrected chi connectivity index (χ2v) is 8.30.